The number of hydrogen-bond donors (Lipinski definition) is 2. The van der Waals surface area contributed by atoms with E-state index in [1.165, 1.54) is 28.6 Å². The van der Waals surface area contributed by atoms with Crippen LogP contribution in [0.5, 0.6) is 0 Å². The second kappa shape index (κ2) is 8.08. The highest BCUT2D eigenvalue weighted by Gasteiger charge is 2.45. The lowest BCUT2D eigenvalue weighted by Gasteiger charge is -2.20. The lowest BCUT2D eigenvalue weighted by atomic mass is 9.96. The molecule has 3 nitrogen and oxygen atoms in total. The Morgan fingerprint density at radius 2 is 2.10 bits per heavy atom. The molecule has 21 heavy (non-hydrogen) atoms. The molecule has 5 heteroatoms. The van der Waals surface area contributed by atoms with Gasteiger partial charge in [-0.3, -0.25) is 4.99 Å². The van der Waals surface area contributed by atoms with Crippen LogP contribution in [0.2, 0.25) is 0 Å². The third-order valence-corrected chi connectivity index (χ3v) is 5.32. The molecule has 1 aromatic rings. The quantitative estimate of drug-likeness (QED) is 0.439. The molecular weight excluding hydrogens is 346 g/mol. The Labute approximate surface area is 140 Å². The fraction of sp³-hybridized carbons (Fsp3) is 0.562. The van der Waals surface area contributed by atoms with Crippen molar-refractivity contribution in [2.24, 2.45) is 4.99 Å². The number of halogens is 1. The maximum atomic E-state index is 4.31. The molecular formula is C16H24BrN3S. The third-order valence-electron chi connectivity index (χ3n) is 3.93. The molecule has 0 unspecified atom stereocenters. The summed E-state index contributed by atoms with van der Waals surface area (Å²) in [5.41, 5.74) is 1.69. The van der Waals surface area contributed by atoms with Crippen molar-refractivity contribution in [3.05, 3.63) is 34.3 Å². The van der Waals surface area contributed by atoms with Crippen LogP contribution in [0.4, 0.5) is 0 Å². The molecule has 1 aromatic carbocycles. The van der Waals surface area contributed by atoms with E-state index in [-0.39, 0.29) is 5.41 Å². The van der Waals surface area contributed by atoms with Crippen LogP contribution < -0.4 is 10.6 Å². The van der Waals surface area contributed by atoms with Gasteiger partial charge in [-0.25, -0.2) is 0 Å². The predicted octanol–water partition coefficient (Wildman–Crippen LogP) is 3.40. The Morgan fingerprint density at radius 3 is 2.71 bits per heavy atom. The first-order valence-electron chi connectivity index (χ1n) is 7.40. The summed E-state index contributed by atoms with van der Waals surface area (Å²) in [5, 5.41) is 6.87. The van der Waals surface area contributed by atoms with Gasteiger partial charge in [0.2, 0.25) is 0 Å². The van der Waals surface area contributed by atoms with E-state index < -0.39 is 0 Å². The SMILES string of the molecule is CN=C(NCCCSC)NCC1(c2ccccc2Br)CC1. The highest BCUT2D eigenvalue weighted by molar-refractivity contribution is 9.10. The number of benzene rings is 1. The van der Waals surface area contributed by atoms with Crippen molar-refractivity contribution in [1.29, 1.82) is 0 Å². The normalized spacial score (nSPS) is 16.6. The van der Waals surface area contributed by atoms with E-state index in [1.807, 2.05) is 18.8 Å². The van der Waals surface area contributed by atoms with Gasteiger partial charge in [-0.2, -0.15) is 11.8 Å². The van der Waals surface area contributed by atoms with Crippen LogP contribution in [0.1, 0.15) is 24.8 Å². The summed E-state index contributed by atoms with van der Waals surface area (Å²) in [7, 11) is 1.84. The minimum atomic E-state index is 0.275. The average molecular weight is 370 g/mol. The van der Waals surface area contributed by atoms with Gasteiger partial charge in [0.1, 0.15) is 0 Å². The van der Waals surface area contributed by atoms with Gasteiger partial charge in [0, 0.05) is 30.0 Å². The van der Waals surface area contributed by atoms with E-state index in [9.17, 15) is 0 Å². The molecule has 0 spiro atoms. The molecule has 0 saturated heterocycles. The Kier molecular flexibility index (Phi) is 6.42. The van der Waals surface area contributed by atoms with Crippen molar-refractivity contribution in [3.63, 3.8) is 0 Å². The summed E-state index contributed by atoms with van der Waals surface area (Å²) >= 11 is 5.56. The highest BCUT2D eigenvalue weighted by atomic mass is 79.9. The number of thioether (sulfide) groups is 1. The summed E-state index contributed by atoms with van der Waals surface area (Å²) in [6.07, 6.45) is 5.79. The number of rotatable bonds is 7. The molecule has 0 aromatic heterocycles. The highest BCUT2D eigenvalue weighted by Crippen LogP contribution is 2.49. The maximum absolute atomic E-state index is 4.31. The van der Waals surface area contributed by atoms with Gasteiger partial charge in [-0.1, -0.05) is 34.1 Å². The second-order valence-electron chi connectivity index (χ2n) is 5.46. The number of nitrogens with zero attached hydrogens (tertiary/aromatic N) is 1. The van der Waals surface area contributed by atoms with Crippen LogP contribution >= 0.6 is 27.7 Å². The van der Waals surface area contributed by atoms with Crippen LogP contribution in [0.25, 0.3) is 0 Å². The number of hydrogen-bond acceptors (Lipinski definition) is 2. The van der Waals surface area contributed by atoms with E-state index in [0.29, 0.717) is 0 Å². The lowest BCUT2D eigenvalue weighted by molar-refractivity contribution is 0.642. The monoisotopic (exact) mass is 369 g/mol. The van der Waals surface area contributed by atoms with Crippen molar-refractivity contribution in [3.8, 4) is 0 Å². The molecule has 2 rings (SSSR count). The standard InChI is InChI=1S/C16H24BrN3S/c1-18-15(19-10-5-11-21-2)20-12-16(8-9-16)13-6-3-4-7-14(13)17/h3-4,6-7H,5,8-12H2,1-2H3,(H2,18,19,20). The molecule has 0 bridgehead atoms. The van der Waals surface area contributed by atoms with Crippen LogP contribution in [0.15, 0.2) is 33.7 Å². The zero-order valence-electron chi connectivity index (χ0n) is 12.8. The summed E-state index contributed by atoms with van der Waals surface area (Å²) < 4.78 is 1.22. The Balaban J connectivity index is 1.85. The van der Waals surface area contributed by atoms with Crippen LogP contribution in [-0.4, -0.2) is 38.1 Å². The number of guanidine groups is 1. The fourth-order valence-electron chi connectivity index (χ4n) is 2.48. The molecule has 1 aliphatic carbocycles. The summed E-state index contributed by atoms with van der Waals surface area (Å²) in [6.45, 7) is 1.92. The topological polar surface area (TPSA) is 36.4 Å². The fourth-order valence-corrected chi connectivity index (χ4v) is 3.62. The van der Waals surface area contributed by atoms with Crippen LogP contribution in [-0.2, 0) is 5.41 Å². The van der Waals surface area contributed by atoms with E-state index >= 15 is 0 Å². The van der Waals surface area contributed by atoms with Crippen LogP contribution in [0.3, 0.4) is 0 Å². The van der Waals surface area contributed by atoms with Gasteiger partial charge in [0.15, 0.2) is 5.96 Å². The minimum Gasteiger partial charge on any atom is -0.356 e. The first-order valence-corrected chi connectivity index (χ1v) is 9.59. The van der Waals surface area contributed by atoms with E-state index in [1.54, 1.807) is 0 Å². The second-order valence-corrected chi connectivity index (χ2v) is 7.30. The number of aliphatic imine (C=N–C) groups is 1. The van der Waals surface area contributed by atoms with E-state index in [0.717, 1.165) is 25.5 Å². The molecule has 2 N–H and O–H groups in total. The summed E-state index contributed by atoms with van der Waals surface area (Å²) in [5.74, 6) is 2.10. The zero-order valence-corrected chi connectivity index (χ0v) is 15.2. The molecule has 1 aliphatic rings. The van der Waals surface area contributed by atoms with Gasteiger partial charge >= 0.3 is 0 Å². The molecule has 0 radical (unpaired) electrons. The zero-order chi connectivity index (χ0) is 15.1. The van der Waals surface area contributed by atoms with Gasteiger partial charge in [-0.05, 0) is 42.9 Å². The predicted molar refractivity (Wildman–Crippen MR) is 97.4 cm³/mol. The molecule has 0 heterocycles. The molecule has 1 saturated carbocycles. The molecule has 0 atom stereocenters. The largest absolute Gasteiger partial charge is 0.356 e. The lowest BCUT2D eigenvalue weighted by Crippen LogP contribution is -2.41. The van der Waals surface area contributed by atoms with Gasteiger partial charge in [0.05, 0.1) is 0 Å². The van der Waals surface area contributed by atoms with Crippen molar-refractivity contribution >= 4 is 33.7 Å². The van der Waals surface area contributed by atoms with Crippen molar-refractivity contribution in [1.82, 2.24) is 10.6 Å². The Morgan fingerprint density at radius 1 is 1.33 bits per heavy atom. The van der Waals surface area contributed by atoms with Gasteiger partial charge in [0.25, 0.3) is 0 Å². The summed E-state index contributed by atoms with van der Waals surface area (Å²) in [6, 6.07) is 8.55. The first kappa shape index (κ1) is 16.7. The molecule has 0 aliphatic heterocycles. The molecule has 116 valence electrons. The maximum Gasteiger partial charge on any atom is 0.191 e. The van der Waals surface area contributed by atoms with Crippen molar-refractivity contribution < 1.29 is 0 Å². The van der Waals surface area contributed by atoms with Gasteiger partial charge < -0.3 is 10.6 Å². The first-order chi connectivity index (χ1) is 10.2. The smallest absolute Gasteiger partial charge is 0.191 e. The van der Waals surface area contributed by atoms with E-state index in [2.05, 4.69) is 62.1 Å². The van der Waals surface area contributed by atoms with E-state index in [4.69, 9.17) is 0 Å². The number of nitrogens with one attached hydrogen (secondary N) is 2. The average Bonchev–Trinajstić information content (AvgIpc) is 3.28. The Hall–Kier alpha value is -0.680. The molecule has 1 fully saturated rings. The Bertz CT molecular complexity index is 486. The molecule has 0 amide bonds. The van der Waals surface area contributed by atoms with Crippen molar-refractivity contribution in [2.45, 2.75) is 24.7 Å². The minimum absolute atomic E-state index is 0.275. The summed E-state index contributed by atoms with van der Waals surface area (Å²) in [4.78, 5) is 4.31. The van der Waals surface area contributed by atoms with Gasteiger partial charge in [-0.15, -0.1) is 0 Å². The van der Waals surface area contributed by atoms with Crippen molar-refractivity contribution in [2.75, 3.05) is 32.1 Å². The third kappa shape index (κ3) is 4.65. The van der Waals surface area contributed by atoms with Crippen LogP contribution in [0, 0.1) is 0 Å².